The Morgan fingerprint density at radius 1 is 1.29 bits per heavy atom. The predicted octanol–water partition coefficient (Wildman–Crippen LogP) is 1.75. The van der Waals surface area contributed by atoms with Crippen molar-refractivity contribution < 1.29 is 12.9 Å². The number of hydrogen-bond acceptors (Lipinski definition) is 3. The zero-order valence-corrected chi connectivity index (χ0v) is 7.90. The van der Waals surface area contributed by atoms with E-state index in [-0.39, 0.29) is 0 Å². The van der Waals surface area contributed by atoms with E-state index in [1.807, 2.05) is 12.1 Å². The zero-order valence-electron chi connectivity index (χ0n) is 7.08. The topological polar surface area (TPSA) is 59.4 Å². The van der Waals surface area contributed by atoms with Crippen LogP contribution in [0.25, 0.3) is 10.9 Å². The lowest BCUT2D eigenvalue weighted by Crippen LogP contribution is -1.98. The molecule has 2 aromatic rings. The number of para-hydroxylation sites is 1. The summed E-state index contributed by atoms with van der Waals surface area (Å²) in [7, 11) is 0. The van der Waals surface area contributed by atoms with Crippen molar-refractivity contribution in [3.05, 3.63) is 36.5 Å². The Kier molecular flexibility index (Phi) is 2.43. The summed E-state index contributed by atoms with van der Waals surface area (Å²) in [6, 6.07) is 8.85. The van der Waals surface area contributed by atoms with Crippen molar-refractivity contribution in [1.82, 2.24) is 4.98 Å². The molecule has 0 bridgehead atoms. The van der Waals surface area contributed by atoms with Crippen molar-refractivity contribution >= 4 is 22.3 Å². The average molecular weight is 209 g/mol. The van der Waals surface area contributed by atoms with Gasteiger partial charge in [0.2, 0.25) is 0 Å². The molecule has 4 nitrogen and oxygen atoms in total. The first-order chi connectivity index (χ1) is 6.77. The summed E-state index contributed by atoms with van der Waals surface area (Å²) in [5.74, 6) is 0.309. The van der Waals surface area contributed by atoms with E-state index in [2.05, 4.69) is 4.98 Å². The van der Waals surface area contributed by atoms with Crippen LogP contribution >= 0.6 is 0 Å². The third-order valence-electron chi connectivity index (χ3n) is 1.76. The van der Waals surface area contributed by atoms with Gasteiger partial charge in [0.05, 0.1) is 0 Å². The summed E-state index contributed by atoms with van der Waals surface area (Å²) in [6.07, 6.45) is 1.61. The summed E-state index contributed by atoms with van der Waals surface area (Å²) in [5.41, 5.74) is 0.581. The second-order valence-corrected chi connectivity index (χ2v) is 3.23. The fourth-order valence-corrected chi connectivity index (χ4v) is 1.51. The fraction of sp³-hybridized carbons (Fsp3) is 0. The van der Waals surface area contributed by atoms with Crippen molar-refractivity contribution in [2.75, 3.05) is 0 Å². The Labute approximate surface area is 83.0 Å². The number of aromatic nitrogens is 1. The zero-order chi connectivity index (χ0) is 9.97. The maximum atomic E-state index is 10.5. The molecular weight excluding hydrogens is 202 g/mol. The summed E-state index contributed by atoms with van der Waals surface area (Å²) >= 11 is -2.31. The molecule has 5 heteroatoms. The molecule has 1 aromatic heterocycles. The Morgan fingerprint density at radius 3 is 2.86 bits per heavy atom. The molecule has 1 unspecified atom stereocenters. The van der Waals surface area contributed by atoms with Gasteiger partial charge in [-0.25, -0.2) is 0 Å². The molecule has 1 atom stereocenters. The van der Waals surface area contributed by atoms with E-state index in [1.54, 1.807) is 24.4 Å². The Hall–Kier alpha value is -1.46. The standard InChI is InChI=1S/C9H7NO3S/c11-14(12)13-8-5-1-3-7-4-2-6-10-9(7)8/h1-6H,(H,11,12). The number of pyridine rings is 1. The second-order valence-electron chi connectivity index (χ2n) is 2.63. The third kappa shape index (κ3) is 1.73. The minimum atomic E-state index is -2.31. The Bertz CT molecular complexity index is 481. The molecule has 0 aliphatic rings. The first kappa shape index (κ1) is 9.11. The van der Waals surface area contributed by atoms with E-state index in [4.69, 9.17) is 8.74 Å². The van der Waals surface area contributed by atoms with E-state index < -0.39 is 11.4 Å². The van der Waals surface area contributed by atoms with Gasteiger partial charge in [-0.15, -0.1) is 0 Å². The summed E-state index contributed by atoms with van der Waals surface area (Å²) in [4.78, 5) is 4.06. The molecule has 0 radical (unpaired) electrons. The summed E-state index contributed by atoms with van der Waals surface area (Å²) in [6.45, 7) is 0. The van der Waals surface area contributed by atoms with Crippen LogP contribution in [0.3, 0.4) is 0 Å². The number of nitrogens with zero attached hydrogens (tertiary/aromatic N) is 1. The third-order valence-corrected chi connectivity index (χ3v) is 2.08. The van der Waals surface area contributed by atoms with Crippen LogP contribution in [-0.2, 0) is 11.4 Å². The fourth-order valence-electron chi connectivity index (χ4n) is 1.22. The van der Waals surface area contributed by atoms with Crippen LogP contribution < -0.4 is 4.18 Å². The smallest absolute Gasteiger partial charge is 0.357 e. The first-order valence-electron chi connectivity index (χ1n) is 3.90. The second kappa shape index (κ2) is 3.73. The van der Waals surface area contributed by atoms with Crippen molar-refractivity contribution in [3.8, 4) is 5.75 Å². The highest BCUT2D eigenvalue weighted by atomic mass is 32.2. The van der Waals surface area contributed by atoms with Crippen molar-refractivity contribution in [1.29, 1.82) is 0 Å². The van der Waals surface area contributed by atoms with Gasteiger partial charge in [0.25, 0.3) is 0 Å². The van der Waals surface area contributed by atoms with Gasteiger partial charge in [-0.3, -0.25) is 9.54 Å². The molecule has 1 heterocycles. The quantitative estimate of drug-likeness (QED) is 0.765. The molecule has 0 saturated heterocycles. The molecule has 1 aromatic carbocycles. The predicted molar refractivity (Wildman–Crippen MR) is 53.1 cm³/mol. The lowest BCUT2D eigenvalue weighted by Gasteiger charge is -2.02. The largest absolute Gasteiger partial charge is 0.378 e. The van der Waals surface area contributed by atoms with E-state index in [1.165, 1.54) is 0 Å². The molecule has 0 fully saturated rings. The van der Waals surface area contributed by atoms with Crippen LogP contribution in [0.1, 0.15) is 0 Å². The highest BCUT2D eigenvalue weighted by Gasteiger charge is 2.04. The van der Waals surface area contributed by atoms with Crippen molar-refractivity contribution in [2.24, 2.45) is 0 Å². The Balaban J connectivity index is 2.59. The van der Waals surface area contributed by atoms with Gasteiger partial charge in [-0.2, -0.15) is 4.21 Å². The molecule has 0 saturated carbocycles. The van der Waals surface area contributed by atoms with Crippen LogP contribution in [0.15, 0.2) is 36.5 Å². The van der Waals surface area contributed by atoms with Gasteiger partial charge in [0.1, 0.15) is 5.52 Å². The molecule has 0 spiro atoms. The van der Waals surface area contributed by atoms with Crippen molar-refractivity contribution in [2.45, 2.75) is 0 Å². The number of benzene rings is 1. The van der Waals surface area contributed by atoms with E-state index in [0.29, 0.717) is 11.3 Å². The lowest BCUT2D eigenvalue weighted by atomic mass is 10.2. The van der Waals surface area contributed by atoms with Gasteiger partial charge >= 0.3 is 11.4 Å². The minimum absolute atomic E-state index is 0.309. The van der Waals surface area contributed by atoms with Gasteiger partial charge < -0.3 is 4.18 Å². The number of rotatable bonds is 2. The maximum absolute atomic E-state index is 10.5. The Morgan fingerprint density at radius 2 is 2.07 bits per heavy atom. The maximum Gasteiger partial charge on any atom is 0.357 e. The van der Waals surface area contributed by atoms with Crippen LogP contribution in [0.5, 0.6) is 5.75 Å². The normalized spacial score (nSPS) is 12.6. The van der Waals surface area contributed by atoms with E-state index in [9.17, 15) is 4.21 Å². The van der Waals surface area contributed by atoms with Crippen LogP contribution in [0.4, 0.5) is 0 Å². The number of fused-ring (bicyclic) bond motifs is 1. The average Bonchev–Trinajstić information content (AvgIpc) is 2.18. The molecule has 0 aliphatic carbocycles. The van der Waals surface area contributed by atoms with E-state index >= 15 is 0 Å². The molecular formula is C9H7NO3S. The molecule has 0 aliphatic heterocycles. The van der Waals surface area contributed by atoms with E-state index in [0.717, 1.165) is 5.39 Å². The highest BCUT2D eigenvalue weighted by Crippen LogP contribution is 2.23. The SMILES string of the molecule is O=S(O)Oc1cccc2cccnc12. The van der Waals surface area contributed by atoms with Crippen LogP contribution in [0.2, 0.25) is 0 Å². The highest BCUT2D eigenvalue weighted by molar-refractivity contribution is 7.74. The molecule has 72 valence electrons. The number of hydrogen-bond donors (Lipinski definition) is 1. The lowest BCUT2D eigenvalue weighted by molar-refractivity contribution is 0.460. The summed E-state index contributed by atoms with van der Waals surface area (Å²) in [5, 5.41) is 0.871. The first-order valence-corrected chi connectivity index (χ1v) is 4.93. The van der Waals surface area contributed by atoms with Gasteiger partial charge in [0.15, 0.2) is 5.75 Å². The van der Waals surface area contributed by atoms with Crippen molar-refractivity contribution in [3.63, 3.8) is 0 Å². The monoisotopic (exact) mass is 209 g/mol. The minimum Gasteiger partial charge on any atom is -0.378 e. The van der Waals surface area contributed by atoms with Crippen LogP contribution in [0, 0.1) is 0 Å². The van der Waals surface area contributed by atoms with Gasteiger partial charge in [-0.1, -0.05) is 18.2 Å². The molecule has 2 rings (SSSR count). The molecule has 14 heavy (non-hydrogen) atoms. The molecule has 1 N–H and O–H groups in total. The van der Waals surface area contributed by atoms with Crippen LogP contribution in [-0.4, -0.2) is 13.7 Å². The molecule has 0 amide bonds. The van der Waals surface area contributed by atoms with Gasteiger partial charge in [0, 0.05) is 11.6 Å². The summed E-state index contributed by atoms with van der Waals surface area (Å²) < 4.78 is 23.8. The van der Waals surface area contributed by atoms with Gasteiger partial charge in [-0.05, 0) is 12.1 Å².